The molecule has 3 aromatic rings. The molecule has 0 bridgehead atoms. The van der Waals surface area contributed by atoms with Crippen LogP contribution in [0.25, 0.3) is 11.2 Å². The van der Waals surface area contributed by atoms with Crippen molar-refractivity contribution in [3.05, 3.63) is 48.5 Å². The second-order valence-electron chi connectivity index (χ2n) is 8.98. The number of nitrogens with two attached hydrogens (primary N) is 1. The van der Waals surface area contributed by atoms with Crippen molar-refractivity contribution < 1.29 is 65.6 Å². The maximum atomic E-state index is 12.3. The summed E-state index contributed by atoms with van der Waals surface area (Å²) < 4.78 is 67.3. The lowest BCUT2D eigenvalue weighted by atomic mass is 10.1. The van der Waals surface area contributed by atoms with Crippen LogP contribution in [-0.4, -0.2) is 68.0 Å². The van der Waals surface area contributed by atoms with Gasteiger partial charge in [0.05, 0.1) is 12.9 Å². The lowest BCUT2D eigenvalue weighted by Crippen LogP contribution is -2.32. The molecular weight excluding hydrogens is 627 g/mol. The molecule has 0 amide bonds. The van der Waals surface area contributed by atoms with Gasteiger partial charge in [-0.2, -0.15) is 0 Å². The van der Waals surface area contributed by atoms with Crippen molar-refractivity contribution in [3.8, 4) is 0 Å². The Balaban J connectivity index is 1.32. The van der Waals surface area contributed by atoms with Gasteiger partial charge in [-0.15, -0.1) is 0 Å². The molecule has 228 valence electrons. The first-order valence-corrected chi connectivity index (χ1v) is 16.5. The molecule has 5 unspecified atom stereocenters. The fraction of sp³-hybridized carbons (Fsp3) is 0.400. The number of carboxylic acids is 1. The number of phosphoric ester groups is 1. The van der Waals surface area contributed by atoms with Crippen molar-refractivity contribution in [2.45, 2.75) is 37.3 Å². The summed E-state index contributed by atoms with van der Waals surface area (Å²) in [7, 11) is -17.5. The van der Waals surface area contributed by atoms with Crippen LogP contribution in [0.3, 0.4) is 0 Å². The number of hydrogen-bond donors (Lipinski definition) is 2. The summed E-state index contributed by atoms with van der Waals surface area (Å²) in [6.07, 6.45) is -3.65. The zero-order valence-corrected chi connectivity index (χ0v) is 23.7. The number of aromatic nitrogens is 4. The van der Waals surface area contributed by atoms with Gasteiger partial charge in [-0.1, -0.05) is 30.3 Å². The number of ether oxygens (including phenoxy) is 3. The number of carboxylic acid groups (broad SMARTS) is 1. The number of carbonyl (C=O) groups is 1. The summed E-state index contributed by atoms with van der Waals surface area (Å²) in [5.41, 5.74) is 7.28. The second-order valence-corrected chi connectivity index (χ2v) is 13.9. The Bertz CT molecular complexity index is 1610. The van der Waals surface area contributed by atoms with E-state index >= 15 is 0 Å². The summed E-state index contributed by atoms with van der Waals surface area (Å²) >= 11 is 0. The summed E-state index contributed by atoms with van der Waals surface area (Å²) in [6.45, 7) is -0.867. The molecule has 22 heteroatoms. The highest BCUT2D eigenvalue weighted by atomic mass is 31.3. The van der Waals surface area contributed by atoms with E-state index in [9.17, 15) is 33.2 Å². The van der Waals surface area contributed by atoms with Gasteiger partial charge < -0.3 is 48.8 Å². The van der Waals surface area contributed by atoms with Gasteiger partial charge in [0.25, 0.3) is 15.6 Å². The van der Waals surface area contributed by atoms with Crippen molar-refractivity contribution in [2.24, 2.45) is 0 Å². The van der Waals surface area contributed by atoms with Gasteiger partial charge in [0.15, 0.2) is 31.6 Å². The molecule has 2 aliphatic rings. The van der Waals surface area contributed by atoms with E-state index in [0.717, 1.165) is 5.56 Å². The third kappa shape index (κ3) is 7.11. The third-order valence-corrected chi connectivity index (χ3v) is 10.5. The summed E-state index contributed by atoms with van der Waals surface area (Å²) in [5.74, 6) is -1.85. The molecule has 42 heavy (non-hydrogen) atoms. The lowest BCUT2D eigenvalue weighted by Gasteiger charge is -2.34. The van der Waals surface area contributed by atoms with E-state index in [0.29, 0.717) is 6.42 Å². The normalized spacial score (nSPS) is 28.1. The maximum absolute atomic E-state index is 12.3. The fourth-order valence-corrected chi connectivity index (χ4v) is 8.06. The molecule has 2 aromatic heterocycles. The summed E-state index contributed by atoms with van der Waals surface area (Å²) in [6, 6.07) is 9.19. The molecule has 8 atom stereocenters. The monoisotopic (exact) mass is 648 g/mol. The topological polar surface area (TPSA) is 283 Å². The number of nitrogen functional groups attached to an aromatic ring is 1. The van der Waals surface area contributed by atoms with Crippen molar-refractivity contribution in [3.63, 3.8) is 0 Å². The van der Waals surface area contributed by atoms with Gasteiger partial charge >= 0.3 is 5.97 Å². The Hall–Kier alpha value is -2.63. The van der Waals surface area contributed by atoms with E-state index in [-0.39, 0.29) is 17.0 Å². The molecule has 2 aliphatic heterocycles. The van der Waals surface area contributed by atoms with Gasteiger partial charge in [0, 0.05) is 6.42 Å². The number of aliphatic carboxylic acids is 1. The number of fused-ring (bicyclic) bond motifs is 2. The molecular formula is C20H21N5O14P3-3. The van der Waals surface area contributed by atoms with E-state index in [2.05, 4.69) is 28.1 Å². The average Bonchev–Trinajstić information content (AvgIpc) is 3.55. The molecule has 2 saturated heterocycles. The smallest absolute Gasteiger partial charge is 0.311 e. The zero-order valence-electron chi connectivity index (χ0n) is 21.0. The molecule has 0 spiro atoms. The molecule has 4 heterocycles. The first-order valence-electron chi connectivity index (χ1n) is 11.9. The second kappa shape index (κ2) is 11.8. The van der Waals surface area contributed by atoms with Crippen LogP contribution in [0.4, 0.5) is 5.82 Å². The van der Waals surface area contributed by atoms with E-state index in [1.807, 2.05) is 30.3 Å². The van der Waals surface area contributed by atoms with Crippen LogP contribution in [0.2, 0.25) is 0 Å². The van der Waals surface area contributed by atoms with Crippen LogP contribution < -0.4 is 20.4 Å². The Morgan fingerprint density at radius 1 is 1.00 bits per heavy atom. The van der Waals surface area contributed by atoms with E-state index in [1.165, 1.54) is 17.2 Å². The Labute approximate surface area is 235 Å². The van der Waals surface area contributed by atoms with E-state index in [4.69, 9.17) is 25.1 Å². The average molecular weight is 648 g/mol. The van der Waals surface area contributed by atoms with Gasteiger partial charge in [-0.25, -0.2) is 19.3 Å². The van der Waals surface area contributed by atoms with Gasteiger partial charge in [0.1, 0.15) is 36.3 Å². The van der Waals surface area contributed by atoms with Crippen LogP contribution in [0.15, 0.2) is 43.0 Å². The highest BCUT2D eigenvalue weighted by Crippen LogP contribution is 2.62. The standard InChI is InChI=1S/C20H24N5O14P3/c21-18-15-19(23-9-22-18)25(10-24-15)20-17-16(36-14(37-17)6-11-4-2-1-3-5-11)12(35-20)7-34-41(30,31)39-42(32,33)38-40(28,29)8-13(26)27/h1-5,9-10,12,14,16-17,20H,6-8H2,(H,26,27)(H,28,29)(H,30,31)(H,32,33)(H2,21,22,23)/p-3/t12-,14?,16+,17?,20-/m1/s1. The number of hydrogen-bond acceptors (Lipinski definition) is 17. The van der Waals surface area contributed by atoms with Crippen LogP contribution in [0.1, 0.15) is 11.8 Å². The van der Waals surface area contributed by atoms with Crippen LogP contribution in [0.5, 0.6) is 0 Å². The van der Waals surface area contributed by atoms with E-state index < -0.39 is 72.8 Å². The predicted molar refractivity (Wildman–Crippen MR) is 131 cm³/mol. The minimum atomic E-state index is -6.13. The fourth-order valence-electron chi connectivity index (χ4n) is 4.39. The number of nitrogens with zero attached hydrogens (tertiary/aromatic N) is 4. The van der Waals surface area contributed by atoms with Crippen molar-refractivity contribution >= 4 is 46.2 Å². The first-order chi connectivity index (χ1) is 19.7. The third-order valence-electron chi connectivity index (χ3n) is 5.96. The lowest BCUT2D eigenvalue weighted by molar-refractivity contribution is -0.246. The number of imidazole rings is 1. The Morgan fingerprint density at radius 3 is 2.43 bits per heavy atom. The Kier molecular flexibility index (Phi) is 8.66. The molecule has 19 nitrogen and oxygen atoms in total. The number of benzene rings is 1. The van der Waals surface area contributed by atoms with Crippen molar-refractivity contribution in [1.29, 1.82) is 0 Å². The highest BCUT2D eigenvalue weighted by molar-refractivity contribution is 7.67. The highest BCUT2D eigenvalue weighted by Gasteiger charge is 2.54. The largest absolute Gasteiger partial charge is 0.778 e. The predicted octanol–water partition coefficient (Wildman–Crippen LogP) is -0.717. The van der Waals surface area contributed by atoms with Crippen LogP contribution in [0, 0.1) is 0 Å². The van der Waals surface area contributed by atoms with Crippen LogP contribution >= 0.6 is 23.2 Å². The molecule has 0 aliphatic carbocycles. The number of anilines is 1. The maximum Gasteiger partial charge on any atom is 0.311 e. The summed E-state index contributed by atoms with van der Waals surface area (Å²) in [4.78, 5) is 58.5. The van der Waals surface area contributed by atoms with Crippen molar-refractivity contribution in [2.75, 3.05) is 18.5 Å². The molecule has 2 fully saturated rings. The van der Waals surface area contributed by atoms with Gasteiger partial charge in [0.2, 0.25) is 0 Å². The molecule has 1 aromatic carbocycles. The van der Waals surface area contributed by atoms with Gasteiger partial charge in [-0.3, -0.25) is 22.8 Å². The molecule has 0 saturated carbocycles. The number of phosphoric acid groups is 2. The van der Waals surface area contributed by atoms with Crippen molar-refractivity contribution in [1.82, 2.24) is 19.5 Å². The first kappa shape index (κ1) is 30.8. The minimum Gasteiger partial charge on any atom is -0.778 e. The van der Waals surface area contributed by atoms with Crippen LogP contribution in [-0.2, 0) is 52.3 Å². The molecule has 5 rings (SSSR count). The Morgan fingerprint density at radius 2 is 1.71 bits per heavy atom. The van der Waals surface area contributed by atoms with Gasteiger partial charge in [-0.05, 0) is 5.56 Å². The zero-order chi connectivity index (χ0) is 30.3. The number of rotatable bonds is 12. The molecule has 0 radical (unpaired) electrons. The SMILES string of the molecule is Nc1ncnc2c1ncn2[C@@H]1O[C@H](COP(=O)([O-])OP(=O)([O-])OP(=O)([O-])CC(=O)O)[C@@H]2OC(Cc3ccccc3)OC21. The summed E-state index contributed by atoms with van der Waals surface area (Å²) in [5, 5.41) is 8.54. The minimum absolute atomic E-state index is 0.0957. The molecule has 3 N–H and O–H groups in total. The van der Waals surface area contributed by atoms with E-state index in [1.54, 1.807) is 0 Å². The quantitative estimate of drug-likeness (QED) is 0.229.